The summed E-state index contributed by atoms with van der Waals surface area (Å²) in [7, 11) is 0. The highest BCUT2D eigenvalue weighted by Gasteiger charge is 2.27. The molecule has 0 unspecified atom stereocenters. The van der Waals surface area contributed by atoms with Gasteiger partial charge in [-0.1, -0.05) is 5.16 Å². The number of ether oxygens (including phenoxy) is 1. The van der Waals surface area contributed by atoms with E-state index in [1.165, 1.54) is 0 Å². The Bertz CT molecular complexity index is 626. The fourth-order valence-electron chi connectivity index (χ4n) is 2.47. The molecule has 0 saturated carbocycles. The molecule has 1 fully saturated rings. The minimum absolute atomic E-state index is 0.0914. The molecule has 3 rings (SSSR count). The van der Waals surface area contributed by atoms with Crippen LogP contribution in [0.15, 0.2) is 21.3 Å². The van der Waals surface area contributed by atoms with Gasteiger partial charge in [0.1, 0.15) is 0 Å². The maximum absolute atomic E-state index is 12.3. The quantitative estimate of drug-likeness (QED) is 0.865. The molecule has 22 heavy (non-hydrogen) atoms. The predicted octanol–water partition coefficient (Wildman–Crippen LogP) is 2.37. The predicted molar refractivity (Wildman–Crippen MR) is 82.5 cm³/mol. The Morgan fingerprint density at radius 3 is 3.14 bits per heavy atom. The lowest BCUT2D eigenvalue weighted by Crippen LogP contribution is -2.50. The van der Waals surface area contributed by atoms with Gasteiger partial charge in [0.25, 0.3) is 0 Å². The molecule has 0 spiro atoms. The summed E-state index contributed by atoms with van der Waals surface area (Å²) in [5.74, 6) is 1.19. The average molecular weight is 321 g/mol. The summed E-state index contributed by atoms with van der Waals surface area (Å²) < 4.78 is 10.8. The van der Waals surface area contributed by atoms with Crippen molar-refractivity contribution in [3.8, 4) is 11.4 Å². The van der Waals surface area contributed by atoms with Crippen molar-refractivity contribution in [3.05, 3.63) is 22.7 Å². The lowest BCUT2D eigenvalue weighted by atomic mass is 10.1. The minimum Gasteiger partial charge on any atom is -0.375 e. The number of amides is 1. The zero-order valence-electron chi connectivity index (χ0n) is 12.7. The Morgan fingerprint density at radius 2 is 2.36 bits per heavy atom. The summed E-state index contributed by atoms with van der Waals surface area (Å²) in [6.45, 7) is 5.22. The van der Waals surface area contributed by atoms with Gasteiger partial charge in [0.2, 0.25) is 17.6 Å². The monoisotopic (exact) mass is 321 g/mol. The third kappa shape index (κ3) is 3.36. The molecule has 2 aromatic heterocycles. The summed E-state index contributed by atoms with van der Waals surface area (Å²) in [5, 5.41) is 7.89. The molecule has 0 aromatic carbocycles. The zero-order chi connectivity index (χ0) is 15.5. The van der Waals surface area contributed by atoms with Crippen LogP contribution in [0.1, 0.15) is 26.2 Å². The Labute approximate surface area is 133 Å². The third-order valence-electron chi connectivity index (χ3n) is 3.73. The Balaban J connectivity index is 1.57. The lowest BCUT2D eigenvalue weighted by Gasteiger charge is -2.36. The van der Waals surface area contributed by atoms with Crippen molar-refractivity contribution in [2.24, 2.45) is 0 Å². The fraction of sp³-hybridized carbons (Fsp3) is 0.533. The van der Waals surface area contributed by atoms with E-state index < -0.39 is 0 Å². The van der Waals surface area contributed by atoms with Gasteiger partial charge in [-0.25, -0.2) is 0 Å². The molecule has 1 saturated heterocycles. The molecule has 2 aromatic rings. The van der Waals surface area contributed by atoms with Crippen molar-refractivity contribution in [3.63, 3.8) is 0 Å². The van der Waals surface area contributed by atoms with Crippen LogP contribution >= 0.6 is 11.3 Å². The molecule has 118 valence electrons. The molecular weight excluding hydrogens is 302 g/mol. The van der Waals surface area contributed by atoms with Gasteiger partial charge in [0.15, 0.2) is 0 Å². The second-order valence-electron chi connectivity index (χ2n) is 5.56. The molecule has 0 N–H and O–H groups in total. The fourth-order valence-corrected chi connectivity index (χ4v) is 3.11. The topological polar surface area (TPSA) is 68.5 Å². The molecule has 1 aliphatic rings. The second-order valence-corrected chi connectivity index (χ2v) is 6.34. The molecular formula is C15H19N3O3S. The molecule has 1 amide bonds. The van der Waals surface area contributed by atoms with Crippen molar-refractivity contribution in [2.45, 2.75) is 38.8 Å². The number of morpholine rings is 1. The van der Waals surface area contributed by atoms with Gasteiger partial charge < -0.3 is 14.2 Å². The third-order valence-corrected chi connectivity index (χ3v) is 4.41. The first-order chi connectivity index (χ1) is 10.6. The van der Waals surface area contributed by atoms with Crippen LogP contribution in [0.25, 0.3) is 11.4 Å². The van der Waals surface area contributed by atoms with Crippen LogP contribution in [-0.4, -0.2) is 46.2 Å². The molecule has 0 aliphatic carbocycles. The van der Waals surface area contributed by atoms with Crippen LogP contribution < -0.4 is 0 Å². The molecule has 7 heteroatoms. The van der Waals surface area contributed by atoms with Crippen molar-refractivity contribution in [1.82, 2.24) is 15.0 Å². The first-order valence-corrected chi connectivity index (χ1v) is 8.34. The lowest BCUT2D eigenvalue weighted by molar-refractivity contribution is -0.143. The number of hydrogen-bond acceptors (Lipinski definition) is 6. The Kier molecular flexibility index (Phi) is 4.54. The molecule has 3 heterocycles. The molecule has 0 bridgehead atoms. The van der Waals surface area contributed by atoms with Crippen LogP contribution in [-0.2, 0) is 16.0 Å². The minimum atomic E-state index is 0.0914. The first-order valence-electron chi connectivity index (χ1n) is 7.39. The number of aromatic nitrogens is 2. The SMILES string of the molecule is C[C@@H]1CN(C(=O)CCc2nc(-c3ccsc3)no2)[C@H](C)CO1. The van der Waals surface area contributed by atoms with E-state index in [2.05, 4.69) is 10.1 Å². The van der Waals surface area contributed by atoms with E-state index in [0.717, 1.165) is 5.56 Å². The van der Waals surface area contributed by atoms with Gasteiger partial charge in [-0.05, 0) is 25.3 Å². The van der Waals surface area contributed by atoms with E-state index in [1.54, 1.807) is 11.3 Å². The summed E-state index contributed by atoms with van der Waals surface area (Å²) in [4.78, 5) is 18.6. The highest BCUT2D eigenvalue weighted by Crippen LogP contribution is 2.19. The van der Waals surface area contributed by atoms with Gasteiger partial charge in [0.05, 0.1) is 18.8 Å². The van der Waals surface area contributed by atoms with E-state index in [9.17, 15) is 4.79 Å². The van der Waals surface area contributed by atoms with E-state index in [0.29, 0.717) is 37.7 Å². The van der Waals surface area contributed by atoms with Crippen LogP contribution in [0, 0.1) is 0 Å². The van der Waals surface area contributed by atoms with Crippen molar-refractivity contribution in [1.29, 1.82) is 0 Å². The molecule has 2 atom stereocenters. The Morgan fingerprint density at radius 1 is 1.50 bits per heavy atom. The summed E-state index contributed by atoms with van der Waals surface area (Å²) in [5.41, 5.74) is 0.946. The van der Waals surface area contributed by atoms with Crippen molar-refractivity contribution >= 4 is 17.2 Å². The molecule has 0 radical (unpaired) electrons. The van der Waals surface area contributed by atoms with Crippen LogP contribution in [0.4, 0.5) is 0 Å². The summed E-state index contributed by atoms with van der Waals surface area (Å²) in [6.07, 6.45) is 0.935. The number of thiophene rings is 1. The van der Waals surface area contributed by atoms with Gasteiger partial charge in [0, 0.05) is 30.3 Å². The largest absolute Gasteiger partial charge is 0.375 e. The number of rotatable bonds is 4. The van der Waals surface area contributed by atoms with Crippen molar-refractivity contribution < 1.29 is 14.1 Å². The second kappa shape index (κ2) is 6.58. The maximum Gasteiger partial charge on any atom is 0.227 e. The van der Waals surface area contributed by atoms with Crippen LogP contribution in [0.5, 0.6) is 0 Å². The highest BCUT2D eigenvalue weighted by atomic mass is 32.1. The van der Waals surface area contributed by atoms with Gasteiger partial charge in [-0.3, -0.25) is 4.79 Å². The Hall–Kier alpha value is -1.73. The summed E-state index contributed by atoms with van der Waals surface area (Å²) >= 11 is 1.59. The standard InChI is InChI=1S/C15H19N3O3S/c1-10-8-20-11(2)7-18(10)14(19)4-3-13-16-15(17-21-13)12-5-6-22-9-12/h5-6,9-11H,3-4,7-8H2,1-2H3/t10-,11-/m1/s1. The van der Waals surface area contributed by atoms with Gasteiger partial charge >= 0.3 is 0 Å². The smallest absolute Gasteiger partial charge is 0.227 e. The molecule has 6 nitrogen and oxygen atoms in total. The average Bonchev–Trinajstić information content (AvgIpc) is 3.17. The molecule has 1 aliphatic heterocycles. The number of aryl methyl sites for hydroxylation is 1. The first kappa shape index (κ1) is 15.2. The van der Waals surface area contributed by atoms with Crippen LogP contribution in [0.2, 0.25) is 0 Å². The van der Waals surface area contributed by atoms with Crippen LogP contribution in [0.3, 0.4) is 0 Å². The number of carbonyl (C=O) groups excluding carboxylic acids is 1. The number of carbonyl (C=O) groups is 1. The summed E-state index contributed by atoms with van der Waals surface area (Å²) in [6, 6.07) is 2.06. The van der Waals surface area contributed by atoms with E-state index in [1.807, 2.05) is 35.6 Å². The van der Waals surface area contributed by atoms with Crippen molar-refractivity contribution in [2.75, 3.05) is 13.2 Å². The van der Waals surface area contributed by atoms with E-state index in [4.69, 9.17) is 9.26 Å². The van der Waals surface area contributed by atoms with E-state index >= 15 is 0 Å². The number of hydrogen-bond donors (Lipinski definition) is 0. The normalized spacial score (nSPS) is 22.0. The maximum atomic E-state index is 12.3. The highest BCUT2D eigenvalue weighted by molar-refractivity contribution is 7.08. The number of nitrogens with zero attached hydrogens (tertiary/aromatic N) is 3. The van der Waals surface area contributed by atoms with Gasteiger partial charge in [-0.2, -0.15) is 16.3 Å². The van der Waals surface area contributed by atoms with E-state index in [-0.39, 0.29) is 18.1 Å². The van der Waals surface area contributed by atoms with Gasteiger partial charge in [-0.15, -0.1) is 0 Å². The zero-order valence-corrected chi connectivity index (χ0v) is 13.5.